The smallest absolute Gasteiger partial charge is 0.190 e. The summed E-state index contributed by atoms with van der Waals surface area (Å²) in [5.74, 6) is 0. The molecule has 0 aliphatic carbocycles. The summed E-state index contributed by atoms with van der Waals surface area (Å²) >= 11 is 0. The highest BCUT2D eigenvalue weighted by Crippen LogP contribution is 2.23. The molecule has 1 aromatic carbocycles. The van der Waals surface area contributed by atoms with Crippen LogP contribution < -0.4 is 0 Å². The molecule has 1 radical (unpaired) electrons. The van der Waals surface area contributed by atoms with Gasteiger partial charge in [-0.15, -0.1) is 0 Å². The van der Waals surface area contributed by atoms with Crippen LogP contribution >= 0.6 is 0 Å². The Kier molecular flexibility index (Phi) is 1.66. The van der Waals surface area contributed by atoms with Crippen LogP contribution in [-0.4, -0.2) is 14.7 Å². The van der Waals surface area contributed by atoms with E-state index in [2.05, 4.69) is 6.26 Å². The second-order valence-corrected chi connectivity index (χ2v) is 4.75. The lowest BCUT2D eigenvalue weighted by molar-refractivity contribution is 0.581. The first-order chi connectivity index (χ1) is 6.09. The zero-order valence-corrected chi connectivity index (χ0v) is 7.76. The van der Waals surface area contributed by atoms with Gasteiger partial charge in [-0.1, -0.05) is 12.1 Å². The van der Waals surface area contributed by atoms with Gasteiger partial charge in [-0.3, -0.25) is 0 Å². The van der Waals surface area contributed by atoms with E-state index in [4.69, 9.17) is 4.42 Å². The minimum atomic E-state index is -3.24. The molecule has 2 rings (SSSR count). The third-order valence-corrected chi connectivity index (χ3v) is 2.80. The first-order valence-corrected chi connectivity index (χ1v) is 5.57. The molecule has 0 spiro atoms. The SMILES string of the molecule is CS(=O)(=O)c1[c]oc2ccccc12. The van der Waals surface area contributed by atoms with Crippen molar-refractivity contribution < 1.29 is 12.8 Å². The average Bonchev–Trinajstić information content (AvgIpc) is 2.45. The van der Waals surface area contributed by atoms with Crippen molar-refractivity contribution in [1.82, 2.24) is 0 Å². The number of furan rings is 1. The fraction of sp³-hybridized carbons (Fsp3) is 0.111. The Morgan fingerprint density at radius 2 is 2.00 bits per heavy atom. The molecular formula is C9H7O3S. The highest BCUT2D eigenvalue weighted by atomic mass is 32.2. The molecule has 67 valence electrons. The van der Waals surface area contributed by atoms with Crippen molar-refractivity contribution in [1.29, 1.82) is 0 Å². The summed E-state index contributed by atoms with van der Waals surface area (Å²) in [6.07, 6.45) is 3.53. The Labute approximate surface area is 75.9 Å². The highest BCUT2D eigenvalue weighted by molar-refractivity contribution is 7.91. The Bertz CT molecular complexity index is 537. The van der Waals surface area contributed by atoms with Crippen LogP contribution in [-0.2, 0) is 9.84 Å². The average molecular weight is 195 g/mol. The van der Waals surface area contributed by atoms with E-state index in [-0.39, 0.29) is 4.90 Å². The second kappa shape index (κ2) is 2.60. The van der Waals surface area contributed by atoms with Gasteiger partial charge in [-0.2, -0.15) is 0 Å². The zero-order chi connectivity index (χ0) is 9.47. The van der Waals surface area contributed by atoms with Crippen LogP contribution in [0.25, 0.3) is 11.0 Å². The largest absolute Gasteiger partial charge is 0.451 e. The van der Waals surface area contributed by atoms with Crippen molar-refractivity contribution in [2.75, 3.05) is 6.26 Å². The van der Waals surface area contributed by atoms with Crippen LogP contribution in [0.4, 0.5) is 0 Å². The van der Waals surface area contributed by atoms with Crippen molar-refractivity contribution in [2.24, 2.45) is 0 Å². The molecule has 0 unspecified atom stereocenters. The molecule has 0 bridgehead atoms. The Morgan fingerprint density at radius 3 is 2.69 bits per heavy atom. The number of fused-ring (bicyclic) bond motifs is 1. The lowest BCUT2D eigenvalue weighted by Gasteiger charge is -1.91. The minimum Gasteiger partial charge on any atom is -0.451 e. The van der Waals surface area contributed by atoms with Gasteiger partial charge in [-0.05, 0) is 12.1 Å². The molecule has 13 heavy (non-hydrogen) atoms. The summed E-state index contributed by atoms with van der Waals surface area (Å²) in [6.45, 7) is 0. The van der Waals surface area contributed by atoms with E-state index in [1.165, 1.54) is 0 Å². The van der Waals surface area contributed by atoms with Crippen molar-refractivity contribution in [3.05, 3.63) is 30.5 Å². The van der Waals surface area contributed by atoms with E-state index in [0.717, 1.165) is 6.26 Å². The summed E-state index contributed by atoms with van der Waals surface area (Å²) < 4.78 is 27.4. The lowest BCUT2D eigenvalue weighted by atomic mass is 10.3. The van der Waals surface area contributed by atoms with Gasteiger partial charge in [0.05, 0.1) is 0 Å². The number of hydrogen-bond acceptors (Lipinski definition) is 3. The normalized spacial score (nSPS) is 12.1. The second-order valence-electron chi connectivity index (χ2n) is 2.80. The highest BCUT2D eigenvalue weighted by Gasteiger charge is 2.15. The number of para-hydroxylation sites is 1. The molecule has 0 saturated carbocycles. The van der Waals surface area contributed by atoms with Crippen LogP contribution in [0.5, 0.6) is 0 Å². The molecule has 0 fully saturated rings. The number of hydrogen-bond donors (Lipinski definition) is 0. The third kappa shape index (κ3) is 1.33. The molecule has 2 aromatic rings. The first-order valence-electron chi connectivity index (χ1n) is 3.68. The molecule has 4 heteroatoms. The van der Waals surface area contributed by atoms with E-state index in [1.54, 1.807) is 24.3 Å². The predicted octanol–water partition coefficient (Wildman–Crippen LogP) is 1.64. The third-order valence-electron chi connectivity index (χ3n) is 1.76. The molecule has 0 saturated heterocycles. The van der Waals surface area contributed by atoms with Gasteiger partial charge in [0.1, 0.15) is 10.5 Å². The first kappa shape index (κ1) is 8.31. The van der Waals surface area contributed by atoms with Gasteiger partial charge in [0.2, 0.25) is 0 Å². The molecule has 0 aliphatic heterocycles. The summed E-state index contributed by atoms with van der Waals surface area (Å²) in [5.41, 5.74) is 0.544. The van der Waals surface area contributed by atoms with E-state index in [0.29, 0.717) is 11.0 Å². The van der Waals surface area contributed by atoms with Gasteiger partial charge in [-0.25, -0.2) is 8.42 Å². The standard InChI is InChI=1S/C9H7O3S/c1-13(10,11)9-6-12-8-5-3-2-4-7(8)9/h2-5H,1H3. The molecule has 0 atom stereocenters. The van der Waals surface area contributed by atoms with E-state index in [9.17, 15) is 8.42 Å². The lowest BCUT2D eigenvalue weighted by Crippen LogP contribution is -1.94. The zero-order valence-electron chi connectivity index (χ0n) is 6.94. The summed E-state index contributed by atoms with van der Waals surface area (Å²) in [5, 5.41) is 0.588. The molecule has 0 amide bonds. The van der Waals surface area contributed by atoms with Gasteiger partial charge in [0.25, 0.3) is 0 Å². The fourth-order valence-corrected chi connectivity index (χ4v) is 1.94. The van der Waals surface area contributed by atoms with E-state index < -0.39 is 9.84 Å². The molecule has 1 aromatic heterocycles. The van der Waals surface area contributed by atoms with Gasteiger partial charge in [0.15, 0.2) is 16.1 Å². The van der Waals surface area contributed by atoms with Crippen LogP contribution in [0.1, 0.15) is 0 Å². The monoisotopic (exact) mass is 195 g/mol. The number of sulfone groups is 1. The van der Waals surface area contributed by atoms with Crippen LogP contribution in [0, 0.1) is 6.26 Å². The van der Waals surface area contributed by atoms with Crippen molar-refractivity contribution >= 4 is 20.8 Å². The van der Waals surface area contributed by atoms with Crippen LogP contribution in [0.2, 0.25) is 0 Å². The molecular weight excluding hydrogens is 188 g/mol. The Morgan fingerprint density at radius 1 is 1.31 bits per heavy atom. The molecule has 0 N–H and O–H groups in total. The maximum Gasteiger partial charge on any atom is 0.190 e. The fourth-order valence-electron chi connectivity index (χ4n) is 1.17. The Hall–Kier alpha value is -1.29. The van der Waals surface area contributed by atoms with E-state index >= 15 is 0 Å². The number of benzene rings is 1. The minimum absolute atomic E-state index is 0.128. The molecule has 3 nitrogen and oxygen atoms in total. The topological polar surface area (TPSA) is 47.3 Å². The van der Waals surface area contributed by atoms with Crippen molar-refractivity contribution in [3.8, 4) is 0 Å². The predicted molar refractivity (Wildman–Crippen MR) is 48.2 cm³/mol. The van der Waals surface area contributed by atoms with Crippen molar-refractivity contribution in [2.45, 2.75) is 4.90 Å². The van der Waals surface area contributed by atoms with Crippen LogP contribution in [0.15, 0.2) is 33.6 Å². The maximum atomic E-state index is 11.2. The van der Waals surface area contributed by atoms with Crippen LogP contribution in [0.3, 0.4) is 0 Å². The van der Waals surface area contributed by atoms with Gasteiger partial charge in [0, 0.05) is 11.6 Å². The van der Waals surface area contributed by atoms with Gasteiger partial charge < -0.3 is 4.42 Å². The quantitative estimate of drug-likeness (QED) is 0.694. The molecule has 0 aliphatic rings. The molecule has 1 heterocycles. The summed E-state index contributed by atoms with van der Waals surface area (Å²) in [4.78, 5) is 0.128. The van der Waals surface area contributed by atoms with Gasteiger partial charge >= 0.3 is 0 Å². The maximum absolute atomic E-state index is 11.2. The number of rotatable bonds is 1. The Balaban J connectivity index is 2.87. The summed E-state index contributed by atoms with van der Waals surface area (Å²) in [6, 6.07) is 6.96. The van der Waals surface area contributed by atoms with Crippen molar-refractivity contribution in [3.63, 3.8) is 0 Å². The summed E-state index contributed by atoms with van der Waals surface area (Å²) in [7, 11) is -3.24. The van der Waals surface area contributed by atoms with E-state index in [1.807, 2.05) is 0 Å².